The highest BCUT2D eigenvalue weighted by Gasteiger charge is 2.20. The van der Waals surface area contributed by atoms with Gasteiger partial charge in [0.05, 0.1) is 9.95 Å². The molecule has 21 heavy (non-hydrogen) atoms. The Morgan fingerprint density at radius 2 is 2.10 bits per heavy atom. The standard InChI is InChI=1S/C11H8BrClN2O4S2/c12-8-3-4-20-10(8)6-14-21(18,19)11-2-1-7(15(16)17)5-9(11)13/h1-5,14H,6H2. The number of thiophene rings is 1. The molecule has 0 amide bonds. The molecule has 0 aliphatic carbocycles. The van der Waals surface area contributed by atoms with Gasteiger partial charge in [0.25, 0.3) is 5.69 Å². The first-order chi connectivity index (χ1) is 9.81. The molecule has 10 heteroatoms. The third-order valence-electron chi connectivity index (χ3n) is 2.53. The molecule has 0 saturated carbocycles. The molecule has 0 aliphatic heterocycles. The van der Waals surface area contributed by atoms with Crippen molar-refractivity contribution in [2.24, 2.45) is 0 Å². The van der Waals surface area contributed by atoms with Gasteiger partial charge < -0.3 is 0 Å². The van der Waals surface area contributed by atoms with Crippen LogP contribution < -0.4 is 4.72 Å². The van der Waals surface area contributed by atoms with Crippen molar-refractivity contribution in [1.29, 1.82) is 0 Å². The fraction of sp³-hybridized carbons (Fsp3) is 0.0909. The van der Waals surface area contributed by atoms with E-state index in [2.05, 4.69) is 20.7 Å². The summed E-state index contributed by atoms with van der Waals surface area (Å²) in [6.45, 7) is 0.105. The van der Waals surface area contributed by atoms with E-state index in [1.807, 2.05) is 11.4 Å². The molecule has 0 fully saturated rings. The van der Waals surface area contributed by atoms with Gasteiger partial charge in [-0.1, -0.05) is 11.6 Å². The van der Waals surface area contributed by atoms with Gasteiger partial charge >= 0.3 is 0 Å². The van der Waals surface area contributed by atoms with Crippen LogP contribution in [0, 0.1) is 10.1 Å². The minimum atomic E-state index is -3.84. The summed E-state index contributed by atoms with van der Waals surface area (Å²) in [5, 5.41) is 12.2. The Labute approximate surface area is 138 Å². The van der Waals surface area contributed by atoms with Crippen LogP contribution >= 0.6 is 38.9 Å². The number of nitro benzene ring substituents is 1. The minimum absolute atomic E-state index is 0.105. The van der Waals surface area contributed by atoms with Crippen molar-refractivity contribution in [2.75, 3.05) is 0 Å². The van der Waals surface area contributed by atoms with E-state index in [0.717, 1.165) is 27.5 Å². The Bertz CT molecular complexity index is 791. The molecule has 0 aliphatic rings. The molecule has 2 rings (SSSR count). The maximum Gasteiger partial charge on any atom is 0.271 e. The lowest BCUT2D eigenvalue weighted by atomic mass is 10.3. The van der Waals surface area contributed by atoms with Gasteiger partial charge in [0, 0.05) is 28.0 Å². The molecule has 0 unspecified atom stereocenters. The summed E-state index contributed by atoms with van der Waals surface area (Å²) in [5.74, 6) is 0. The fourth-order valence-corrected chi connectivity index (χ4v) is 4.57. The first-order valence-electron chi connectivity index (χ1n) is 5.47. The molecule has 1 aromatic heterocycles. The van der Waals surface area contributed by atoms with E-state index in [4.69, 9.17) is 11.6 Å². The number of halogens is 2. The van der Waals surface area contributed by atoms with Crippen molar-refractivity contribution in [1.82, 2.24) is 4.72 Å². The molecule has 0 atom stereocenters. The van der Waals surface area contributed by atoms with Gasteiger partial charge in [-0.25, -0.2) is 13.1 Å². The lowest BCUT2D eigenvalue weighted by molar-refractivity contribution is -0.384. The fourth-order valence-electron chi connectivity index (χ4n) is 1.51. The molecule has 1 N–H and O–H groups in total. The lowest BCUT2D eigenvalue weighted by Crippen LogP contribution is -2.23. The smallest absolute Gasteiger partial charge is 0.258 e. The Morgan fingerprint density at radius 1 is 1.38 bits per heavy atom. The van der Waals surface area contributed by atoms with Gasteiger partial charge in [0.15, 0.2) is 0 Å². The van der Waals surface area contributed by atoms with E-state index in [1.165, 1.54) is 11.3 Å². The largest absolute Gasteiger partial charge is 0.271 e. The van der Waals surface area contributed by atoms with Crippen LogP contribution in [0.3, 0.4) is 0 Å². The first-order valence-corrected chi connectivity index (χ1v) is 9.00. The zero-order valence-electron chi connectivity index (χ0n) is 10.2. The molecule has 0 bridgehead atoms. The van der Waals surface area contributed by atoms with E-state index < -0.39 is 14.9 Å². The van der Waals surface area contributed by atoms with Crippen molar-refractivity contribution in [3.8, 4) is 0 Å². The van der Waals surface area contributed by atoms with Crippen molar-refractivity contribution in [2.45, 2.75) is 11.4 Å². The van der Waals surface area contributed by atoms with Crippen LogP contribution in [-0.4, -0.2) is 13.3 Å². The van der Waals surface area contributed by atoms with Gasteiger partial charge in [-0.15, -0.1) is 11.3 Å². The molecule has 0 radical (unpaired) electrons. The maximum atomic E-state index is 12.2. The summed E-state index contributed by atoms with van der Waals surface area (Å²) in [5.41, 5.74) is -0.264. The molecule has 2 aromatic rings. The predicted octanol–water partition coefficient (Wildman–Crippen LogP) is 3.55. The van der Waals surface area contributed by atoms with Crippen LogP contribution in [0.15, 0.2) is 39.0 Å². The van der Waals surface area contributed by atoms with Gasteiger partial charge in [0.2, 0.25) is 10.0 Å². The molecule has 112 valence electrons. The Balaban J connectivity index is 2.23. The summed E-state index contributed by atoms with van der Waals surface area (Å²) in [6, 6.07) is 5.04. The summed E-state index contributed by atoms with van der Waals surface area (Å²) in [6.07, 6.45) is 0. The summed E-state index contributed by atoms with van der Waals surface area (Å²) >= 11 is 10.5. The molecule has 1 aromatic carbocycles. The van der Waals surface area contributed by atoms with Crippen LogP contribution in [0.5, 0.6) is 0 Å². The second kappa shape index (κ2) is 6.41. The highest BCUT2D eigenvalue weighted by molar-refractivity contribution is 9.10. The van der Waals surface area contributed by atoms with Gasteiger partial charge in [-0.2, -0.15) is 0 Å². The number of sulfonamides is 1. The van der Waals surface area contributed by atoms with Crippen LogP contribution in [0.25, 0.3) is 0 Å². The third kappa shape index (κ3) is 3.80. The molecule has 6 nitrogen and oxygen atoms in total. The normalized spacial score (nSPS) is 11.5. The van der Waals surface area contributed by atoms with Gasteiger partial charge in [-0.3, -0.25) is 10.1 Å². The number of nitrogens with zero attached hydrogens (tertiary/aromatic N) is 1. The lowest BCUT2D eigenvalue weighted by Gasteiger charge is -2.07. The summed E-state index contributed by atoms with van der Waals surface area (Å²) in [7, 11) is -3.84. The Kier molecular flexibility index (Phi) is 4.99. The van der Waals surface area contributed by atoms with Crippen LogP contribution in [0.2, 0.25) is 5.02 Å². The quantitative estimate of drug-likeness (QED) is 0.602. The van der Waals surface area contributed by atoms with Crippen molar-refractivity contribution < 1.29 is 13.3 Å². The van der Waals surface area contributed by atoms with E-state index in [1.54, 1.807) is 0 Å². The van der Waals surface area contributed by atoms with E-state index in [-0.39, 0.29) is 22.2 Å². The topological polar surface area (TPSA) is 89.3 Å². The Morgan fingerprint density at radius 3 is 2.62 bits per heavy atom. The zero-order valence-corrected chi connectivity index (χ0v) is 14.2. The number of hydrogen-bond acceptors (Lipinski definition) is 5. The van der Waals surface area contributed by atoms with Crippen LogP contribution in [0.4, 0.5) is 5.69 Å². The third-order valence-corrected chi connectivity index (χ3v) is 6.34. The second-order valence-electron chi connectivity index (χ2n) is 3.89. The zero-order chi connectivity index (χ0) is 15.6. The van der Waals surface area contributed by atoms with Crippen LogP contribution in [0.1, 0.15) is 4.88 Å². The number of hydrogen-bond donors (Lipinski definition) is 1. The molecule has 0 spiro atoms. The number of nitro groups is 1. The van der Waals surface area contributed by atoms with E-state index >= 15 is 0 Å². The first kappa shape index (κ1) is 16.4. The molecular formula is C11H8BrClN2O4S2. The highest BCUT2D eigenvalue weighted by atomic mass is 79.9. The van der Waals surface area contributed by atoms with Gasteiger partial charge in [-0.05, 0) is 33.4 Å². The number of rotatable bonds is 5. The van der Waals surface area contributed by atoms with Gasteiger partial charge in [0.1, 0.15) is 4.90 Å². The van der Waals surface area contributed by atoms with Crippen molar-refractivity contribution >= 4 is 54.6 Å². The predicted molar refractivity (Wildman–Crippen MR) is 84.2 cm³/mol. The second-order valence-corrected chi connectivity index (χ2v) is 7.89. The maximum absolute atomic E-state index is 12.2. The number of non-ortho nitro benzene ring substituents is 1. The molecule has 1 heterocycles. The van der Waals surface area contributed by atoms with E-state index in [9.17, 15) is 18.5 Å². The molecular weight excluding hydrogens is 404 g/mol. The van der Waals surface area contributed by atoms with Crippen molar-refractivity contribution in [3.05, 3.63) is 54.1 Å². The average Bonchev–Trinajstić information content (AvgIpc) is 2.81. The molecule has 0 saturated heterocycles. The number of benzene rings is 1. The monoisotopic (exact) mass is 410 g/mol. The van der Waals surface area contributed by atoms with E-state index in [0.29, 0.717) is 0 Å². The SMILES string of the molecule is O=[N+]([O-])c1ccc(S(=O)(=O)NCc2sccc2Br)c(Cl)c1. The van der Waals surface area contributed by atoms with Crippen LogP contribution in [-0.2, 0) is 16.6 Å². The number of nitrogens with one attached hydrogen (secondary N) is 1. The average molecular weight is 412 g/mol. The Hall–Kier alpha value is -1.00. The summed E-state index contributed by atoms with van der Waals surface area (Å²) < 4.78 is 27.5. The van der Waals surface area contributed by atoms with Crippen molar-refractivity contribution in [3.63, 3.8) is 0 Å². The minimum Gasteiger partial charge on any atom is -0.258 e. The summed E-state index contributed by atoms with van der Waals surface area (Å²) in [4.78, 5) is 10.6. The highest BCUT2D eigenvalue weighted by Crippen LogP contribution is 2.27.